The fourth-order valence-electron chi connectivity index (χ4n) is 0.988. The number of thiazole rings is 1. The Morgan fingerprint density at radius 3 is 2.88 bits per heavy atom. The number of carbonyl (C=O) groups excluding carboxylic acids is 1. The zero-order chi connectivity index (χ0) is 12.1. The van der Waals surface area contributed by atoms with Gasteiger partial charge in [0.2, 0.25) is 0 Å². The van der Waals surface area contributed by atoms with Crippen LogP contribution < -0.4 is 5.32 Å². The van der Waals surface area contributed by atoms with Crippen LogP contribution in [-0.2, 0) is 11.3 Å². The van der Waals surface area contributed by atoms with E-state index in [2.05, 4.69) is 10.3 Å². The highest BCUT2D eigenvalue weighted by Gasteiger charge is 2.17. The summed E-state index contributed by atoms with van der Waals surface area (Å²) in [6, 6.07) is -1.33. The van der Waals surface area contributed by atoms with Gasteiger partial charge in [0.15, 0.2) is 0 Å². The molecular weight excluding hydrogens is 230 g/mol. The van der Waals surface area contributed by atoms with Crippen molar-refractivity contribution in [1.82, 2.24) is 15.2 Å². The summed E-state index contributed by atoms with van der Waals surface area (Å²) in [5.74, 6) is -1.06. The lowest BCUT2D eigenvalue weighted by Crippen LogP contribution is -2.44. The third kappa shape index (κ3) is 3.50. The summed E-state index contributed by atoms with van der Waals surface area (Å²) in [6.45, 7) is 1.78. The van der Waals surface area contributed by atoms with Gasteiger partial charge in [-0.15, -0.1) is 11.3 Å². The number of urea groups is 1. The number of hydrogen-bond acceptors (Lipinski definition) is 4. The molecular formula is C9H13N3O3S. The molecule has 0 spiro atoms. The minimum Gasteiger partial charge on any atom is -0.480 e. The van der Waals surface area contributed by atoms with Crippen molar-refractivity contribution in [2.24, 2.45) is 0 Å². The number of carboxylic acids is 1. The molecule has 0 aliphatic rings. The Bertz CT molecular complexity index is 366. The van der Waals surface area contributed by atoms with Gasteiger partial charge >= 0.3 is 12.0 Å². The van der Waals surface area contributed by atoms with Crippen LogP contribution in [0.4, 0.5) is 4.79 Å². The van der Waals surface area contributed by atoms with E-state index in [9.17, 15) is 9.59 Å². The average Bonchev–Trinajstić information content (AvgIpc) is 2.69. The van der Waals surface area contributed by atoms with Crippen LogP contribution in [0.2, 0.25) is 0 Å². The monoisotopic (exact) mass is 243 g/mol. The third-order valence-corrected chi connectivity index (χ3v) is 2.58. The molecule has 0 aliphatic carbocycles. The molecule has 2 amide bonds. The fourth-order valence-corrected chi connectivity index (χ4v) is 1.54. The SMILES string of the molecule is C[C@@H](NC(=O)N(C)Cc1cscn1)C(=O)O. The molecule has 16 heavy (non-hydrogen) atoms. The maximum Gasteiger partial charge on any atom is 0.325 e. The second-order valence-corrected chi connectivity index (χ2v) is 4.06. The van der Waals surface area contributed by atoms with Gasteiger partial charge in [0.1, 0.15) is 6.04 Å². The molecule has 0 bridgehead atoms. The van der Waals surface area contributed by atoms with Crippen LogP contribution in [0.15, 0.2) is 10.9 Å². The largest absolute Gasteiger partial charge is 0.480 e. The molecule has 0 radical (unpaired) electrons. The van der Waals surface area contributed by atoms with Crippen molar-refractivity contribution in [3.05, 3.63) is 16.6 Å². The number of carboxylic acid groups (broad SMARTS) is 1. The van der Waals surface area contributed by atoms with E-state index in [0.717, 1.165) is 5.69 Å². The molecule has 7 heteroatoms. The Morgan fingerprint density at radius 2 is 2.38 bits per heavy atom. The molecule has 0 unspecified atom stereocenters. The predicted molar refractivity (Wildman–Crippen MR) is 59.2 cm³/mol. The maximum atomic E-state index is 11.5. The second kappa shape index (κ2) is 5.45. The van der Waals surface area contributed by atoms with Gasteiger partial charge < -0.3 is 15.3 Å². The molecule has 0 saturated heterocycles. The number of rotatable bonds is 4. The van der Waals surface area contributed by atoms with Crippen LogP contribution in [0.5, 0.6) is 0 Å². The van der Waals surface area contributed by atoms with Crippen LogP contribution >= 0.6 is 11.3 Å². The summed E-state index contributed by atoms with van der Waals surface area (Å²) in [6.07, 6.45) is 0. The van der Waals surface area contributed by atoms with Gasteiger partial charge in [0.05, 0.1) is 17.7 Å². The summed E-state index contributed by atoms with van der Waals surface area (Å²) in [5, 5.41) is 12.8. The molecule has 1 aromatic heterocycles. The van der Waals surface area contributed by atoms with Gasteiger partial charge in [0, 0.05) is 12.4 Å². The maximum absolute atomic E-state index is 11.5. The van der Waals surface area contributed by atoms with Crippen molar-refractivity contribution in [1.29, 1.82) is 0 Å². The fraction of sp³-hybridized carbons (Fsp3) is 0.444. The first-order valence-corrected chi connectivity index (χ1v) is 5.56. The van der Waals surface area contributed by atoms with E-state index in [-0.39, 0.29) is 0 Å². The zero-order valence-corrected chi connectivity index (χ0v) is 9.82. The molecule has 88 valence electrons. The molecule has 1 aromatic rings. The van der Waals surface area contributed by atoms with Crippen molar-refractivity contribution in [3.63, 3.8) is 0 Å². The Kier molecular flexibility index (Phi) is 4.24. The van der Waals surface area contributed by atoms with E-state index in [1.54, 1.807) is 12.6 Å². The number of hydrogen-bond donors (Lipinski definition) is 2. The number of nitrogens with zero attached hydrogens (tertiary/aromatic N) is 2. The number of amides is 2. The molecule has 0 aromatic carbocycles. The number of aliphatic carboxylic acids is 1. The molecule has 6 nitrogen and oxygen atoms in total. The number of nitrogens with one attached hydrogen (secondary N) is 1. The average molecular weight is 243 g/mol. The first-order chi connectivity index (χ1) is 7.50. The van der Waals surface area contributed by atoms with Gasteiger partial charge in [-0.3, -0.25) is 4.79 Å². The standard InChI is InChI=1S/C9H13N3O3S/c1-6(8(13)14)11-9(15)12(2)3-7-4-16-5-10-7/h4-6H,3H2,1-2H3,(H,11,15)(H,13,14)/t6-/m1/s1. The Labute approximate surface area is 96.9 Å². The van der Waals surface area contributed by atoms with E-state index in [0.29, 0.717) is 6.54 Å². The summed E-state index contributed by atoms with van der Waals surface area (Å²) in [5.41, 5.74) is 2.46. The van der Waals surface area contributed by atoms with E-state index >= 15 is 0 Å². The van der Waals surface area contributed by atoms with Crippen LogP contribution in [0.1, 0.15) is 12.6 Å². The quantitative estimate of drug-likeness (QED) is 0.817. The highest BCUT2D eigenvalue weighted by atomic mass is 32.1. The van der Waals surface area contributed by atoms with Crippen molar-refractivity contribution in [2.75, 3.05) is 7.05 Å². The zero-order valence-electron chi connectivity index (χ0n) is 9.01. The van der Waals surface area contributed by atoms with Crippen LogP contribution in [0.25, 0.3) is 0 Å². The molecule has 0 saturated carbocycles. The Morgan fingerprint density at radius 1 is 1.69 bits per heavy atom. The van der Waals surface area contributed by atoms with Crippen molar-refractivity contribution in [2.45, 2.75) is 19.5 Å². The lowest BCUT2D eigenvalue weighted by Gasteiger charge is -2.18. The number of carbonyl (C=O) groups is 2. The Balaban J connectivity index is 2.45. The van der Waals surface area contributed by atoms with E-state index in [1.165, 1.54) is 23.2 Å². The second-order valence-electron chi connectivity index (χ2n) is 3.35. The van der Waals surface area contributed by atoms with Crippen molar-refractivity contribution >= 4 is 23.3 Å². The lowest BCUT2D eigenvalue weighted by molar-refractivity contribution is -0.138. The smallest absolute Gasteiger partial charge is 0.325 e. The summed E-state index contributed by atoms with van der Waals surface area (Å²) in [4.78, 5) is 27.5. The molecule has 1 heterocycles. The van der Waals surface area contributed by atoms with Gasteiger partial charge in [-0.05, 0) is 6.92 Å². The van der Waals surface area contributed by atoms with E-state index in [4.69, 9.17) is 5.11 Å². The van der Waals surface area contributed by atoms with Crippen LogP contribution in [0.3, 0.4) is 0 Å². The topological polar surface area (TPSA) is 82.5 Å². The molecule has 0 fully saturated rings. The highest BCUT2D eigenvalue weighted by molar-refractivity contribution is 7.07. The highest BCUT2D eigenvalue weighted by Crippen LogP contribution is 2.04. The summed E-state index contributed by atoms with van der Waals surface area (Å²) >= 11 is 1.45. The Hall–Kier alpha value is -1.63. The summed E-state index contributed by atoms with van der Waals surface area (Å²) < 4.78 is 0. The molecule has 2 N–H and O–H groups in total. The van der Waals surface area contributed by atoms with E-state index < -0.39 is 18.0 Å². The van der Waals surface area contributed by atoms with Gasteiger partial charge in [0.25, 0.3) is 0 Å². The lowest BCUT2D eigenvalue weighted by atomic mass is 10.3. The molecule has 1 atom stereocenters. The number of aromatic nitrogens is 1. The van der Waals surface area contributed by atoms with Crippen molar-refractivity contribution < 1.29 is 14.7 Å². The van der Waals surface area contributed by atoms with Gasteiger partial charge in [-0.1, -0.05) is 0 Å². The van der Waals surface area contributed by atoms with Crippen LogP contribution in [-0.4, -0.2) is 40.1 Å². The summed E-state index contributed by atoms with van der Waals surface area (Å²) in [7, 11) is 1.59. The normalized spacial score (nSPS) is 11.9. The van der Waals surface area contributed by atoms with Gasteiger partial charge in [-0.25, -0.2) is 9.78 Å². The molecule has 0 aliphatic heterocycles. The predicted octanol–water partition coefficient (Wildman–Crippen LogP) is 0.758. The van der Waals surface area contributed by atoms with Gasteiger partial charge in [-0.2, -0.15) is 0 Å². The minimum atomic E-state index is -1.06. The van der Waals surface area contributed by atoms with Crippen LogP contribution in [0, 0.1) is 0 Å². The van der Waals surface area contributed by atoms with E-state index in [1.807, 2.05) is 5.38 Å². The van der Waals surface area contributed by atoms with Crippen molar-refractivity contribution in [3.8, 4) is 0 Å². The minimum absolute atomic E-state index is 0.363. The first-order valence-electron chi connectivity index (χ1n) is 4.62. The first kappa shape index (κ1) is 12.4. The molecule has 1 rings (SSSR count). The third-order valence-electron chi connectivity index (χ3n) is 1.94.